The largest absolute Gasteiger partial charge is 0.309 e. The first kappa shape index (κ1) is 20.0. The van der Waals surface area contributed by atoms with Crippen LogP contribution in [0.3, 0.4) is 0 Å². The van der Waals surface area contributed by atoms with E-state index in [9.17, 15) is 19.7 Å². The van der Waals surface area contributed by atoms with Crippen LogP contribution < -0.4 is 10.9 Å². The molecule has 0 radical (unpaired) electrons. The van der Waals surface area contributed by atoms with E-state index in [-0.39, 0.29) is 17.8 Å². The predicted octanol–water partition coefficient (Wildman–Crippen LogP) is 2.75. The molecule has 2 aromatic heterocycles. The third-order valence-electron chi connectivity index (χ3n) is 4.76. The first-order valence-corrected chi connectivity index (χ1v) is 9.41. The normalized spacial score (nSPS) is 10.9. The Bertz CT molecular complexity index is 1370. The fraction of sp³-hybridized carbons (Fsp3) is 0.143. The van der Waals surface area contributed by atoms with E-state index in [1.165, 1.54) is 21.4 Å². The maximum atomic E-state index is 12.8. The van der Waals surface area contributed by atoms with Crippen LogP contribution >= 0.6 is 0 Å². The summed E-state index contributed by atoms with van der Waals surface area (Å²) in [6, 6.07) is 14.5. The van der Waals surface area contributed by atoms with Gasteiger partial charge in [-0.15, -0.1) is 0 Å². The van der Waals surface area contributed by atoms with Crippen molar-refractivity contribution < 1.29 is 9.72 Å². The Morgan fingerprint density at radius 2 is 1.84 bits per heavy atom. The average molecular weight is 418 g/mol. The molecular weight excluding hydrogens is 400 g/mol. The SMILES string of the molecule is Cc1cc(NC(=O)Cn2c(C)nc3ccccc3c2=O)n(-c2ccc([N+](=O)[O-])cc2)n1. The molecule has 0 bridgehead atoms. The molecule has 4 aromatic rings. The highest BCUT2D eigenvalue weighted by Gasteiger charge is 2.15. The lowest BCUT2D eigenvalue weighted by Gasteiger charge is -2.12. The third kappa shape index (κ3) is 3.90. The first-order valence-electron chi connectivity index (χ1n) is 9.41. The zero-order valence-electron chi connectivity index (χ0n) is 16.8. The number of aryl methyl sites for hydroxylation is 2. The van der Waals surface area contributed by atoms with Crippen molar-refractivity contribution in [3.63, 3.8) is 0 Å². The van der Waals surface area contributed by atoms with Gasteiger partial charge in [0.25, 0.3) is 11.2 Å². The van der Waals surface area contributed by atoms with Crippen LogP contribution in [0.15, 0.2) is 59.4 Å². The maximum Gasteiger partial charge on any atom is 0.269 e. The van der Waals surface area contributed by atoms with Crippen molar-refractivity contribution in [1.29, 1.82) is 0 Å². The molecule has 2 aromatic carbocycles. The molecule has 2 heterocycles. The lowest BCUT2D eigenvalue weighted by Crippen LogP contribution is -2.30. The Balaban J connectivity index is 1.61. The molecule has 4 rings (SSSR count). The topological polar surface area (TPSA) is 125 Å². The van der Waals surface area contributed by atoms with Crippen molar-refractivity contribution in [3.8, 4) is 5.69 Å². The molecular formula is C21H18N6O4. The van der Waals surface area contributed by atoms with Gasteiger partial charge >= 0.3 is 0 Å². The number of para-hydroxylation sites is 1. The van der Waals surface area contributed by atoms with Crippen LogP contribution in [0.1, 0.15) is 11.5 Å². The van der Waals surface area contributed by atoms with E-state index in [1.807, 2.05) is 0 Å². The highest BCUT2D eigenvalue weighted by molar-refractivity contribution is 5.90. The molecule has 0 unspecified atom stereocenters. The lowest BCUT2D eigenvalue weighted by molar-refractivity contribution is -0.384. The van der Waals surface area contributed by atoms with E-state index in [2.05, 4.69) is 15.4 Å². The van der Waals surface area contributed by atoms with Gasteiger partial charge in [0.05, 0.1) is 27.2 Å². The van der Waals surface area contributed by atoms with Gasteiger partial charge < -0.3 is 5.32 Å². The van der Waals surface area contributed by atoms with Gasteiger partial charge in [0.15, 0.2) is 0 Å². The summed E-state index contributed by atoms with van der Waals surface area (Å²) >= 11 is 0. The first-order chi connectivity index (χ1) is 14.8. The molecule has 0 saturated heterocycles. The quantitative estimate of drug-likeness (QED) is 0.392. The summed E-state index contributed by atoms with van der Waals surface area (Å²) in [6.07, 6.45) is 0. The van der Waals surface area contributed by atoms with Crippen molar-refractivity contribution in [2.24, 2.45) is 0 Å². The number of amides is 1. The summed E-state index contributed by atoms with van der Waals surface area (Å²) < 4.78 is 2.79. The monoisotopic (exact) mass is 418 g/mol. The van der Waals surface area contributed by atoms with E-state index in [4.69, 9.17) is 0 Å². The standard InChI is InChI=1S/C21H18N6O4/c1-13-11-19(26(24-13)15-7-9-16(10-8-15)27(30)31)23-20(28)12-25-14(2)22-18-6-4-3-5-17(18)21(25)29/h3-11H,12H2,1-2H3,(H,23,28). The number of carbonyl (C=O) groups is 1. The second-order valence-electron chi connectivity index (χ2n) is 6.97. The molecule has 31 heavy (non-hydrogen) atoms. The third-order valence-corrected chi connectivity index (χ3v) is 4.76. The number of nitrogens with one attached hydrogen (secondary N) is 1. The van der Waals surface area contributed by atoms with E-state index in [0.29, 0.717) is 33.9 Å². The highest BCUT2D eigenvalue weighted by Crippen LogP contribution is 2.20. The molecule has 1 N–H and O–H groups in total. The van der Waals surface area contributed by atoms with E-state index >= 15 is 0 Å². The molecule has 1 amide bonds. The molecule has 156 valence electrons. The maximum absolute atomic E-state index is 12.8. The van der Waals surface area contributed by atoms with Gasteiger partial charge in [-0.2, -0.15) is 5.10 Å². The molecule has 0 aliphatic carbocycles. The van der Waals surface area contributed by atoms with E-state index in [0.717, 1.165) is 0 Å². The summed E-state index contributed by atoms with van der Waals surface area (Å²) in [6.45, 7) is 3.22. The highest BCUT2D eigenvalue weighted by atomic mass is 16.6. The Hall–Kier alpha value is -4.34. The Morgan fingerprint density at radius 1 is 1.13 bits per heavy atom. The molecule has 0 fully saturated rings. The van der Waals surface area contributed by atoms with E-state index in [1.54, 1.807) is 56.3 Å². The smallest absolute Gasteiger partial charge is 0.269 e. The lowest BCUT2D eigenvalue weighted by atomic mass is 10.2. The second-order valence-corrected chi connectivity index (χ2v) is 6.97. The number of rotatable bonds is 5. The number of anilines is 1. The number of aromatic nitrogens is 4. The zero-order chi connectivity index (χ0) is 22.1. The van der Waals surface area contributed by atoms with Gasteiger partial charge in [-0.25, -0.2) is 9.67 Å². The average Bonchev–Trinajstić information content (AvgIpc) is 3.11. The molecule has 10 heteroatoms. The fourth-order valence-electron chi connectivity index (χ4n) is 3.29. The van der Waals surface area contributed by atoms with E-state index < -0.39 is 10.8 Å². The van der Waals surface area contributed by atoms with Crippen LogP contribution in [0, 0.1) is 24.0 Å². The summed E-state index contributed by atoms with van der Waals surface area (Å²) in [5.74, 6) is 0.389. The number of hydrogen-bond donors (Lipinski definition) is 1. The summed E-state index contributed by atoms with van der Waals surface area (Å²) in [5, 5.41) is 18.4. The number of non-ortho nitro benzene ring substituents is 1. The molecule has 0 saturated carbocycles. The Labute approximate surface area is 175 Å². The second kappa shape index (κ2) is 7.82. The minimum Gasteiger partial charge on any atom is -0.309 e. The number of nitro groups is 1. The molecule has 0 aliphatic heterocycles. The Kier molecular flexibility index (Phi) is 5.04. The van der Waals surface area contributed by atoms with Gasteiger partial charge in [0, 0.05) is 18.2 Å². The Morgan fingerprint density at radius 3 is 2.55 bits per heavy atom. The van der Waals surface area contributed by atoms with Crippen LogP contribution in [0.2, 0.25) is 0 Å². The number of fused-ring (bicyclic) bond motifs is 1. The molecule has 0 atom stereocenters. The van der Waals surface area contributed by atoms with Gasteiger partial charge in [0.1, 0.15) is 18.2 Å². The van der Waals surface area contributed by atoms with Crippen molar-refractivity contribution in [2.45, 2.75) is 20.4 Å². The zero-order valence-corrected chi connectivity index (χ0v) is 16.8. The van der Waals surface area contributed by atoms with Gasteiger partial charge in [-0.05, 0) is 38.1 Å². The van der Waals surface area contributed by atoms with Crippen LogP contribution in [-0.2, 0) is 11.3 Å². The van der Waals surface area contributed by atoms with Gasteiger partial charge in [0.2, 0.25) is 5.91 Å². The number of nitrogens with zero attached hydrogens (tertiary/aromatic N) is 5. The number of nitro benzene ring substituents is 1. The van der Waals surface area contributed by atoms with Crippen LogP contribution in [0.25, 0.3) is 16.6 Å². The van der Waals surface area contributed by atoms with Crippen molar-refractivity contribution in [3.05, 3.63) is 86.6 Å². The number of hydrogen-bond acceptors (Lipinski definition) is 6. The molecule has 0 spiro atoms. The van der Waals surface area contributed by atoms with Gasteiger partial charge in [-0.1, -0.05) is 12.1 Å². The van der Waals surface area contributed by atoms with Crippen molar-refractivity contribution in [1.82, 2.24) is 19.3 Å². The van der Waals surface area contributed by atoms with Crippen LogP contribution in [0.5, 0.6) is 0 Å². The minimum atomic E-state index is -0.488. The summed E-state index contributed by atoms with van der Waals surface area (Å²) in [7, 11) is 0. The minimum absolute atomic E-state index is 0.0446. The molecule has 0 aliphatic rings. The molecule has 10 nitrogen and oxygen atoms in total. The van der Waals surface area contributed by atoms with Gasteiger partial charge in [-0.3, -0.25) is 24.3 Å². The van der Waals surface area contributed by atoms with Crippen molar-refractivity contribution >= 4 is 28.3 Å². The summed E-state index contributed by atoms with van der Waals surface area (Å²) in [5.41, 5.74) is 1.44. The van der Waals surface area contributed by atoms with Crippen LogP contribution in [-0.4, -0.2) is 30.2 Å². The fourth-order valence-corrected chi connectivity index (χ4v) is 3.29. The van der Waals surface area contributed by atoms with Crippen LogP contribution in [0.4, 0.5) is 11.5 Å². The number of benzene rings is 2. The van der Waals surface area contributed by atoms with Crippen molar-refractivity contribution in [2.75, 3.05) is 5.32 Å². The number of carbonyl (C=O) groups excluding carboxylic acids is 1. The predicted molar refractivity (Wildman–Crippen MR) is 114 cm³/mol. The summed E-state index contributed by atoms with van der Waals surface area (Å²) in [4.78, 5) is 40.3.